The molecule has 3 rings (SSSR count). The van der Waals surface area contributed by atoms with Crippen molar-refractivity contribution in [2.24, 2.45) is 0 Å². The molecule has 2 N–H and O–H groups in total. The molecule has 3 aromatic rings. The van der Waals surface area contributed by atoms with Crippen LogP contribution in [0.25, 0.3) is 5.69 Å². The molecule has 0 bridgehead atoms. The standard InChI is InChI=1S/C18H11BrClF3N4O2/c19-14-7-2-1-6-12(14)16(28)25-26-17(29)13-9-24-27(15(13)18(21,22)23)11-5-3-4-10(20)8-11/h1-9H,(H,25,28)(H,26,29). The molecule has 6 nitrogen and oxygen atoms in total. The summed E-state index contributed by atoms with van der Waals surface area (Å²) in [4.78, 5) is 24.5. The lowest BCUT2D eigenvalue weighted by Crippen LogP contribution is -2.42. The molecule has 0 aliphatic rings. The third-order valence-electron chi connectivity index (χ3n) is 3.74. The zero-order valence-corrected chi connectivity index (χ0v) is 16.6. The van der Waals surface area contributed by atoms with Gasteiger partial charge in [-0.3, -0.25) is 20.4 Å². The Morgan fingerprint density at radius 2 is 1.66 bits per heavy atom. The average molecular weight is 488 g/mol. The Balaban J connectivity index is 1.87. The van der Waals surface area contributed by atoms with Crippen molar-refractivity contribution in [1.82, 2.24) is 20.6 Å². The van der Waals surface area contributed by atoms with Gasteiger partial charge in [0.15, 0.2) is 5.69 Å². The summed E-state index contributed by atoms with van der Waals surface area (Å²) < 4.78 is 41.9. The Morgan fingerprint density at radius 1 is 1.00 bits per heavy atom. The molecule has 1 aromatic heterocycles. The van der Waals surface area contributed by atoms with Gasteiger partial charge < -0.3 is 0 Å². The Kier molecular flexibility index (Phi) is 5.94. The molecule has 29 heavy (non-hydrogen) atoms. The van der Waals surface area contributed by atoms with Crippen LogP contribution in [0.3, 0.4) is 0 Å². The maximum Gasteiger partial charge on any atom is 0.434 e. The summed E-state index contributed by atoms with van der Waals surface area (Å²) in [5, 5.41) is 3.88. The van der Waals surface area contributed by atoms with Gasteiger partial charge >= 0.3 is 6.18 Å². The number of aromatic nitrogens is 2. The lowest BCUT2D eigenvalue weighted by atomic mass is 10.2. The first-order valence-corrected chi connectivity index (χ1v) is 9.12. The van der Waals surface area contributed by atoms with E-state index in [1.165, 1.54) is 30.3 Å². The van der Waals surface area contributed by atoms with E-state index in [1.54, 1.807) is 18.2 Å². The van der Waals surface area contributed by atoms with Crippen LogP contribution in [0.15, 0.2) is 59.2 Å². The average Bonchev–Trinajstić information content (AvgIpc) is 3.12. The predicted molar refractivity (Wildman–Crippen MR) is 103 cm³/mol. The van der Waals surface area contributed by atoms with Crippen LogP contribution in [0.4, 0.5) is 13.2 Å². The van der Waals surface area contributed by atoms with E-state index in [0.717, 1.165) is 6.20 Å². The lowest BCUT2D eigenvalue weighted by molar-refractivity contribution is -0.143. The van der Waals surface area contributed by atoms with E-state index in [1.807, 2.05) is 5.43 Å². The van der Waals surface area contributed by atoms with Crippen molar-refractivity contribution in [3.63, 3.8) is 0 Å². The van der Waals surface area contributed by atoms with Gasteiger partial charge in [0.1, 0.15) is 0 Å². The fraction of sp³-hybridized carbons (Fsp3) is 0.0556. The van der Waals surface area contributed by atoms with Crippen LogP contribution < -0.4 is 10.9 Å². The van der Waals surface area contributed by atoms with Crippen molar-refractivity contribution in [1.29, 1.82) is 0 Å². The van der Waals surface area contributed by atoms with Crippen molar-refractivity contribution in [3.8, 4) is 5.69 Å². The summed E-state index contributed by atoms with van der Waals surface area (Å²) in [7, 11) is 0. The number of nitrogens with zero attached hydrogens (tertiary/aromatic N) is 2. The van der Waals surface area contributed by atoms with Crippen molar-refractivity contribution in [2.45, 2.75) is 6.18 Å². The zero-order chi connectivity index (χ0) is 21.2. The molecule has 1 heterocycles. The third-order valence-corrected chi connectivity index (χ3v) is 4.67. The van der Waals surface area contributed by atoms with E-state index in [2.05, 4.69) is 26.5 Å². The molecule has 0 saturated heterocycles. The molecule has 0 unspecified atom stereocenters. The summed E-state index contributed by atoms with van der Waals surface area (Å²) in [5.41, 5.74) is 2.22. The summed E-state index contributed by atoms with van der Waals surface area (Å²) in [6.45, 7) is 0. The number of halogens is 5. The second kappa shape index (κ2) is 8.26. The van der Waals surface area contributed by atoms with Gasteiger partial charge in [0.25, 0.3) is 11.8 Å². The highest BCUT2D eigenvalue weighted by Crippen LogP contribution is 2.34. The number of rotatable bonds is 3. The van der Waals surface area contributed by atoms with Gasteiger partial charge in [-0.2, -0.15) is 18.3 Å². The van der Waals surface area contributed by atoms with Gasteiger partial charge in [-0.05, 0) is 46.3 Å². The molecule has 150 valence electrons. The monoisotopic (exact) mass is 486 g/mol. The molecule has 0 fully saturated rings. The SMILES string of the molecule is O=C(NNC(=O)c1cnn(-c2cccc(Cl)c2)c1C(F)(F)F)c1ccccc1Br. The summed E-state index contributed by atoms with van der Waals surface area (Å²) >= 11 is 9.01. The lowest BCUT2D eigenvalue weighted by Gasteiger charge is -2.13. The van der Waals surface area contributed by atoms with Crippen molar-refractivity contribution in [3.05, 3.63) is 81.0 Å². The fourth-order valence-electron chi connectivity index (χ4n) is 2.48. The molecule has 0 atom stereocenters. The quantitative estimate of drug-likeness (QED) is 0.539. The zero-order valence-electron chi connectivity index (χ0n) is 14.3. The number of carbonyl (C=O) groups is 2. The van der Waals surface area contributed by atoms with Crippen molar-refractivity contribution >= 4 is 39.3 Å². The number of hydrogen-bond acceptors (Lipinski definition) is 3. The molecule has 0 saturated carbocycles. The first-order chi connectivity index (χ1) is 13.7. The van der Waals surface area contributed by atoms with E-state index in [9.17, 15) is 22.8 Å². The largest absolute Gasteiger partial charge is 0.434 e. The summed E-state index contributed by atoms with van der Waals surface area (Å²) in [6, 6.07) is 11.9. The summed E-state index contributed by atoms with van der Waals surface area (Å²) in [6.07, 6.45) is -4.12. The normalized spacial score (nSPS) is 11.2. The van der Waals surface area contributed by atoms with Crippen LogP contribution in [0.1, 0.15) is 26.4 Å². The Labute approximate surface area is 175 Å². The van der Waals surface area contributed by atoms with Crippen molar-refractivity contribution < 1.29 is 22.8 Å². The summed E-state index contributed by atoms with van der Waals surface area (Å²) in [5.74, 6) is -1.88. The van der Waals surface area contributed by atoms with Crippen LogP contribution in [0.2, 0.25) is 5.02 Å². The second-order valence-electron chi connectivity index (χ2n) is 5.68. The van der Waals surface area contributed by atoms with Crippen LogP contribution in [0, 0.1) is 0 Å². The molecule has 0 aliphatic heterocycles. The van der Waals surface area contributed by atoms with Gasteiger partial charge in [-0.25, -0.2) is 4.68 Å². The molecule has 2 amide bonds. The van der Waals surface area contributed by atoms with Crippen LogP contribution in [-0.4, -0.2) is 21.6 Å². The molecule has 0 radical (unpaired) electrons. The minimum Gasteiger partial charge on any atom is -0.267 e. The van der Waals surface area contributed by atoms with Gasteiger partial charge in [0.05, 0.1) is 23.0 Å². The number of alkyl halides is 3. The van der Waals surface area contributed by atoms with E-state index in [4.69, 9.17) is 11.6 Å². The topological polar surface area (TPSA) is 76.0 Å². The number of nitrogens with one attached hydrogen (secondary N) is 2. The highest BCUT2D eigenvalue weighted by atomic mass is 79.9. The highest BCUT2D eigenvalue weighted by Gasteiger charge is 2.40. The Hall–Kier alpha value is -2.85. The smallest absolute Gasteiger partial charge is 0.267 e. The Bertz CT molecular complexity index is 1080. The number of carbonyl (C=O) groups excluding carboxylic acids is 2. The predicted octanol–water partition coefficient (Wildman–Crippen LogP) is 4.38. The van der Waals surface area contributed by atoms with E-state index < -0.39 is 29.2 Å². The van der Waals surface area contributed by atoms with Crippen LogP contribution >= 0.6 is 27.5 Å². The molecule has 2 aromatic carbocycles. The number of benzene rings is 2. The number of amides is 2. The Morgan fingerprint density at radius 3 is 2.28 bits per heavy atom. The maximum atomic E-state index is 13.6. The molecule has 0 aliphatic carbocycles. The highest BCUT2D eigenvalue weighted by molar-refractivity contribution is 9.10. The van der Waals surface area contributed by atoms with E-state index in [-0.39, 0.29) is 16.3 Å². The fourth-order valence-corrected chi connectivity index (χ4v) is 3.13. The molecular weight excluding hydrogens is 477 g/mol. The second-order valence-corrected chi connectivity index (χ2v) is 6.98. The van der Waals surface area contributed by atoms with Gasteiger partial charge in [-0.1, -0.05) is 29.8 Å². The molecular formula is C18H11BrClF3N4O2. The third kappa shape index (κ3) is 4.60. The van der Waals surface area contributed by atoms with Crippen molar-refractivity contribution in [2.75, 3.05) is 0 Å². The van der Waals surface area contributed by atoms with Crippen LogP contribution in [0.5, 0.6) is 0 Å². The van der Waals surface area contributed by atoms with Crippen LogP contribution in [-0.2, 0) is 6.18 Å². The maximum absolute atomic E-state index is 13.6. The number of hydrogen-bond donors (Lipinski definition) is 2. The van der Waals surface area contributed by atoms with Gasteiger partial charge in [-0.15, -0.1) is 0 Å². The van der Waals surface area contributed by atoms with E-state index in [0.29, 0.717) is 9.15 Å². The van der Waals surface area contributed by atoms with E-state index >= 15 is 0 Å². The molecule has 11 heteroatoms. The minimum atomic E-state index is -4.89. The first kappa shape index (κ1) is 20.9. The van der Waals surface area contributed by atoms with Gasteiger partial charge in [0.2, 0.25) is 0 Å². The minimum absolute atomic E-state index is 0.0288. The number of hydrazine groups is 1. The van der Waals surface area contributed by atoms with Gasteiger partial charge in [0, 0.05) is 9.50 Å². The first-order valence-electron chi connectivity index (χ1n) is 7.95. The molecule has 0 spiro atoms.